The lowest BCUT2D eigenvalue weighted by Crippen LogP contribution is -2.01. The highest BCUT2D eigenvalue weighted by Gasteiger charge is 2.13. The smallest absolute Gasteiger partial charge is 0.145 e. The third-order valence-corrected chi connectivity index (χ3v) is 4.69. The molecule has 0 N–H and O–H groups in total. The van der Waals surface area contributed by atoms with E-state index in [2.05, 4.69) is 26.0 Å². The highest BCUT2D eigenvalue weighted by atomic mass is 35.5. The predicted molar refractivity (Wildman–Crippen MR) is 108 cm³/mol. The van der Waals surface area contributed by atoms with E-state index in [0.717, 1.165) is 41.7 Å². The number of unbranched alkanes of at least 4 members (excludes halogenated alkanes) is 6. The van der Waals surface area contributed by atoms with Crippen LogP contribution in [-0.2, 0) is 0 Å². The van der Waals surface area contributed by atoms with Gasteiger partial charge in [-0.1, -0.05) is 88.2 Å². The summed E-state index contributed by atoms with van der Waals surface area (Å²) in [4.78, 5) is 0. The fourth-order valence-electron chi connectivity index (χ4n) is 2.96. The van der Waals surface area contributed by atoms with Crippen LogP contribution in [0.2, 0.25) is 5.02 Å². The third kappa shape index (κ3) is 6.11. The molecule has 2 nitrogen and oxygen atoms in total. The Bertz CT molecular complexity index is 639. The minimum absolute atomic E-state index is 0.637. The van der Waals surface area contributed by atoms with Crippen LogP contribution in [0.3, 0.4) is 0 Å². The molecule has 0 spiro atoms. The summed E-state index contributed by atoms with van der Waals surface area (Å²) in [7, 11) is 0. The maximum atomic E-state index is 6.51. The summed E-state index contributed by atoms with van der Waals surface area (Å²) in [6.07, 6.45) is 9.53. The average Bonchev–Trinajstić information content (AvgIpc) is 2.63. The zero-order chi connectivity index (χ0) is 17.9. The van der Waals surface area contributed by atoms with Crippen molar-refractivity contribution < 1.29 is 9.47 Å². The maximum absolute atomic E-state index is 6.51. The molecule has 0 atom stereocenters. The Balaban J connectivity index is 2.07. The number of benzene rings is 2. The Morgan fingerprint density at radius 1 is 0.760 bits per heavy atom. The molecule has 2 rings (SSSR count). The minimum atomic E-state index is 0.637. The van der Waals surface area contributed by atoms with E-state index in [1.54, 1.807) is 0 Å². The van der Waals surface area contributed by atoms with Gasteiger partial charge in [0, 0.05) is 16.8 Å². The first kappa shape index (κ1) is 19.9. The van der Waals surface area contributed by atoms with Crippen molar-refractivity contribution in [3.05, 3.63) is 35.4 Å². The largest absolute Gasteiger partial charge is 0.493 e. The molecule has 0 aliphatic rings. The van der Waals surface area contributed by atoms with Gasteiger partial charge in [-0.2, -0.15) is 0 Å². The zero-order valence-electron chi connectivity index (χ0n) is 15.7. The van der Waals surface area contributed by atoms with Crippen LogP contribution >= 0.6 is 11.6 Å². The van der Waals surface area contributed by atoms with Crippen molar-refractivity contribution in [2.24, 2.45) is 0 Å². The quantitative estimate of drug-likeness (QED) is 0.366. The second-order valence-corrected chi connectivity index (χ2v) is 6.96. The number of fused-ring (bicyclic) bond motifs is 1. The van der Waals surface area contributed by atoms with E-state index in [1.807, 2.05) is 18.2 Å². The molecule has 3 heteroatoms. The van der Waals surface area contributed by atoms with E-state index >= 15 is 0 Å². The summed E-state index contributed by atoms with van der Waals surface area (Å²) in [5, 5.41) is 2.75. The lowest BCUT2D eigenvalue weighted by molar-refractivity contribution is 0.302. The molecule has 138 valence electrons. The van der Waals surface area contributed by atoms with Crippen molar-refractivity contribution in [1.82, 2.24) is 0 Å². The molecule has 25 heavy (non-hydrogen) atoms. The number of halogens is 1. The number of ether oxygens (including phenoxy) is 2. The number of rotatable bonds is 12. The van der Waals surface area contributed by atoms with Crippen molar-refractivity contribution in [1.29, 1.82) is 0 Å². The topological polar surface area (TPSA) is 18.5 Å². The van der Waals surface area contributed by atoms with Gasteiger partial charge in [-0.25, -0.2) is 0 Å². The van der Waals surface area contributed by atoms with Crippen LogP contribution in [0, 0.1) is 0 Å². The molecule has 0 fully saturated rings. The fourth-order valence-corrected chi connectivity index (χ4v) is 3.22. The molecule has 0 saturated heterocycles. The van der Waals surface area contributed by atoms with Crippen molar-refractivity contribution in [2.45, 2.75) is 65.2 Å². The summed E-state index contributed by atoms with van der Waals surface area (Å²) in [6, 6.07) is 10.1. The lowest BCUT2D eigenvalue weighted by atomic mass is 10.1. The summed E-state index contributed by atoms with van der Waals surface area (Å²) in [5.41, 5.74) is 0. The molecule has 2 aromatic carbocycles. The van der Waals surface area contributed by atoms with Gasteiger partial charge in [0.1, 0.15) is 11.5 Å². The average molecular weight is 363 g/mol. The molecule has 2 aromatic rings. The summed E-state index contributed by atoms with van der Waals surface area (Å²) in [5.74, 6) is 1.64. The van der Waals surface area contributed by atoms with Gasteiger partial charge in [0.05, 0.1) is 18.2 Å². The van der Waals surface area contributed by atoms with Crippen LogP contribution < -0.4 is 9.47 Å². The monoisotopic (exact) mass is 362 g/mol. The predicted octanol–water partition coefficient (Wildman–Crippen LogP) is 7.41. The number of hydrogen-bond donors (Lipinski definition) is 0. The molecule has 0 amide bonds. The minimum Gasteiger partial charge on any atom is -0.493 e. The second-order valence-electron chi connectivity index (χ2n) is 6.55. The van der Waals surface area contributed by atoms with Gasteiger partial charge in [-0.15, -0.1) is 0 Å². The van der Waals surface area contributed by atoms with E-state index < -0.39 is 0 Å². The van der Waals surface area contributed by atoms with Crippen LogP contribution in [0.15, 0.2) is 30.3 Å². The third-order valence-electron chi connectivity index (χ3n) is 4.41. The normalized spacial score (nSPS) is 11.0. The van der Waals surface area contributed by atoms with Gasteiger partial charge in [-0.3, -0.25) is 0 Å². The maximum Gasteiger partial charge on any atom is 0.145 e. The first-order valence-corrected chi connectivity index (χ1v) is 10.1. The SMILES string of the molecule is CCCCCCOc1cc(Cl)c(OCCCCCC)c2ccccc12. The van der Waals surface area contributed by atoms with Crippen molar-refractivity contribution in [3.8, 4) is 11.5 Å². The first-order chi connectivity index (χ1) is 12.3. The van der Waals surface area contributed by atoms with Crippen molar-refractivity contribution in [2.75, 3.05) is 13.2 Å². The molecule has 0 unspecified atom stereocenters. The van der Waals surface area contributed by atoms with Gasteiger partial charge in [0.2, 0.25) is 0 Å². The molecule has 0 aliphatic carbocycles. The van der Waals surface area contributed by atoms with Crippen molar-refractivity contribution >= 4 is 22.4 Å². The summed E-state index contributed by atoms with van der Waals surface area (Å²) >= 11 is 6.51. The van der Waals surface area contributed by atoms with E-state index in [0.29, 0.717) is 11.6 Å². The molecule has 0 radical (unpaired) electrons. The van der Waals surface area contributed by atoms with Crippen LogP contribution in [0.1, 0.15) is 65.2 Å². The van der Waals surface area contributed by atoms with Crippen molar-refractivity contribution in [3.63, 3.8) is 0 Å². The van der Waals surface area contributed by atoms with Gasteiger partial charge in [0.15, 0.2) is 0 Å². The zero-order valence-corrected chi connectivity index (χ0v) is 16.4. The van der Waals surface area contributed by atoms with Gasteiger partial charge in [-0.05, 0) is 12.8 Å². The molecule has 0 aliphatic heterocycles. The standard InChI is InChI=1S/C22H31ClO2/c1-3-5-7-11-15-24-21-17-20(23)22(25-16-12-8-6-4-2)19-14-10-9-13-18(19)21/h9-10,13-14,17H,3-8,11-12,15-16H2,1-2H3. The Kier molecular flexibility index (Phi) is 8.96. The Labute approximate surface area is 157 Å². The molecular formula is C22H31ClO2. The van der Waals surface area contributed by atoms with E-state index in [1.165, 1.54) is 38.5 Å². The van der Waals surface area contributed by atoms with E-state index in [-0.39, 0.29) is 0 Å². The van der Waals surface area contributed by atoms with Gasteiger partial charge >= 0.3 is 0 Å². The Morgan fingerprint density at radius 3 is 2.00 bits per heavy atom. The summed E-state index contributed by atoms with van der Waals surface area (Å²) < 4.78 is 12.0. The van der Waals surface area contributed by atoms with Gasteiger partial charge in [0.25, 0.3) is 0 Å². The van der Waals surface area contributed by atoms with E-state index in [9.17, 15) is 0 Å². The van der Waals surface area contributed by atoms with E-state index in [4.69, 9.17) is 21.1 Å². The number of hydrogen-bond acceptors (Lipinski definition) is 2. The highest BCUT2D eigenvalue weighted by Crippen LogP contribution is 2.39. The van der Waals surface area contributed by atoms with Crippen LogP contribution in [0.25, 0.3) is 10.8 Å². The van der Waals surface area contributed by atoms with Gasteiger partial charge < -0.3 is 9.47 Å². The molecule has 0 aromatic heterocycles. The van der Waals surface area contributed by atoms with Crippen LogP contribution in [0.5, 0.6) is 11.5 Å². The van der Waals surface area contributed by atoms with Crippen LogP contribution in [-0.4, -0.2) is 13.2 Å². The Morgan fingerprint density at radius 2 is 1.36 bits per heavy atom. The Hall–Kier alpha value is -1.41. The summed E-state index contributed by atoms with van der Waals surface area (Å²) in [6.45, 7) is 5.87. The first-order valence-electron chi connectivity index (χ1n) is 9.74. The molecule has 0 bridgehead atoms. The second kappa shape index (κ2) is 11.3. The lowest BCUT2D eigenvalue weighted by Gasteiger charge is -2.15. The molecule has 0 heterocycles. The molecular weight excluding hydrogens is 332 g/mol. The molecule has 0 saturated carbocycles. The van der Waals surface area contributed by atoms with Crippen LogP contribution in [0.4, 0.5) is 0 Å². The highest BCUT2D eigenvalue weighted by molar-refractivity contribution is 6.33. The fraction of sp³-hybridized carbons (Fsp3) is 0.545.